The predicted molar refractivity (Wildman–Crippen MR) is 63.9 cm³/mol. The van der Waals surface area contributed by atoms with Crippen molar-refractivity contribution in [3.8, 4) is 0 Å². The molecule has 1 unspecified atom stereocenters. The number of nitrogens with two attached hydrogens (primary N) is 2. The molecule has 0 aliphatic rings. The third kappa shape index (κ3) is 1.70. The lowest BCUT2D eigenvalue weighted by molar-refractivity contribution is 0.0996. The molecule has 0 spiro atoms. The van der Waals surface area contributed by atoms with E-state index in [1.807, 2.05) is 18.2 Å². The van der Waals surface area contributed by atoms with Crippen molar-refractivity contribution in [3.05, 3.63) is 48.2 Å². The summed E-state index contributed by atoms with van der Waals surface area (Å²) in [4.78, 5) is 13.9. The summed E-state index contributed by atoms with van der Waals surface area (Å²) < 4.78 is 0. The van der Waals surface area contributed by atoms with Crippen molar-refractivity contribution < 1.29 is 4.79 Å². The lowest BCUT2D eigenvalue weighted by Crippen LogP contribution is -2.10. The van der Waals surface area contributed by atoms with Crippen molar-refractivity contribution in [2.75, 3.05) is 0 Å². The van der Waals surface area contributed by atoms with Gasteiger partial charge in [0.1, 0.15) is 5.69 Å². The molecule has 0 aliphatic heterocycles. The topological polar surface area (TPSA) is 84.9 Å². The van der Waals surface area contributed by atoms with E-state index in [1.165, 1.54) is 0 Å². The van der Waals surface area contributed by atoms with Crippen LogP contribution in [-0.4, -0.2) is 10.9 Å². The lowest BCUT2D eigenvalue weighted by atomic mass is 10.1. The van der Waals surface area contributed by atoms with E-state index in [1.54, 1.807) is 12.1 Å². The van der Waals surface area contributed by atoms with E-state index in [0.717, 1.165) is 16.5 Å². The number of aromatic amines is 1. The summed E-state index contributed by atoms with van der Waals surface area (Å²) in [5.74, 6) is -0.467. The van der Waals surface area contributed by atoms with Gasteiger partial charge in [0.25, 0.3) is 5.91 Å². The standard InChI is InChI=1S/C12H13N3O/c1-2-9(13)7-3-4-8-6-11(12(14)16)15-10(8)5-7/h2-6,9,15H,1,13H2,(H2,14,16). The number of nitrogens with one attached hydrogen (secondary N) is 1. The molecule has 0 radical (unpaired) electrons. The molecule has 82 valence electrons. The SMILES string of the molecule is C=CC(N)c1ccc2cc(C(N)=O)[nH]c2c1. The van der Waals surface area contributed by atoms with Gasteiger partial charge in [0.05, 0.1) is 0 Å². The first kappa shape index (κ1) is 10.4. The van der Waals surface area contributed by atoms with E-state index in [2.05, 4.69) is 11.6 Å². The average Bonchev–Trinajstić information content (AvgIpc) is 2.70. The van der Waals surface area contributed by atoms with E-state index in [-0.39, 0.29) is 6.04 Å². The van der Waals surface area contributed by atoms with Crippen LogP contribution in [0.25, 0.3) is 10.9 Å². The van der Waals surface area contributed by atoms with Gasteiger partial charge < -0.3 is 16.5 Å². The van der Waals surface area contributed by atoms with Crippen molar-refractivity contribution in [1.29, 1.82) is 0 Å². The third-order valence-corrected chi connectivity index (χ3v) is 2.55. The van der Waals surface area contributed by atoms with Crippen LogP contribution in [0, 0.1) is 0 Å². The molecule has 1 atom stereocenters. The minimum Gasteiger partial charge on any atom is -0.364 e. The van der Waals surface area contributed by atoms with Crippen LogP contribution in [0.1, 0.15) is 22.1 Å². The Morgan fingerprint density at radius 2 is 2.19 bits per heavy atom. The predicted octanol–water partition coefficient (Wildman–Crippen LogP) is 1.45. The Kier molecular flexibility index (Phi) is 2.50. The average molecular weight is 215 g/mol. The number of aromatic nitrogens is 1. The minimum atomic E-state index is -0.467. The van der Waals surface area contributed by atoms with E-state index in [4.69, 9.17) is 11.5 Å². The van der Waals surface area contributed by atoms with Crippen molar-refractivity contribution in [2.45, 2.75) is 6.04 Å². The van der Waals surface area contributed by atoms with Crippen LogP contribution in [0.2, 0.25) is 0 Å². The van der Waals surface area contributed by atoms with Crippen LogP contribution < -0.4 is 11.5 Å². The number of amides is 1. The highest BCUT2D eigenvalue weighted by Crippen LogP contribution is 2.20. The Bertz CT molecular complexity index is 556. The molecule has 0 saturated heterocycles. The summed E-state index contributed by atoms with van der Waals surface area (Å²) in [6.07, 6.45) is 1.67. The van der Waals surface area contributed by atoms with Gasteiger partial charge in [0.2, 0.25) is 0 Å². The molecule has 0 fully saturated rings. The molecule has 1 amide bonds. The van der Waals surface area contributed by atoms with E-state index < -0.39 is 5.91 Å². The second-order valence-corrected chi connectivity index (χ2v) is 3.66. The van der Waals surface area contributed by atoms with E-state index >= 15 is 0 Å². The highest BCUT2D eigenvalue weighted by atomic mass is 16.1. The fraction of sp³-hybridized carbons (Fsp3) is 0.0833. The number of hydrogen-bond acceptors (Lipinski definition) is 2. The van der Waals surface area contributed by atoms with Gasteiger partial charge in [-0.3, -0.25) is 4.79 Å². The van der Waals surface area contributed by atoms with Crippen molar-refractivity contribution >= 4 is 16.8 Å². The van der Waals surface area contributed by atoms with Gasteiger partial charge in [-0.1, -0.05) is 18.2 Å². The second kappa shape index (κ2) is 3.83. The fourth-order valence-electron chi connectivity index (χ4n) is 1.62. The number of carbonyl (C=O) groups is 1. The first-order valence-electron chi connectivity index (χ1n) is 4.92. The Labute approximate surface area is 92.9 Å². The first-order chi connectivity index (χ1) is 7.61. The van der Waals surface area contributed by atoms with Crippen molar-refractivity contribution in [3.63, 3.8) is 0 Å². The van der Waals surface area contributed by atoms with E-state index in [9.17, 15) is 4.79 Å². The molecule has 5 N–H and O–H groups in total. The maximum absolute atomic E-state index is 11.0. The monoisotopic (exact) mass is 215 g/mol. The molecular weight excluding hydrogens is 202 g/mol. The van der Waals surface area contributed by atoms with Crippen LogP contribution in [0.5, 0.6) is 0 Å². The molecule has 0 bridgehead atoms. The fourth-order valence-corrected chi connectivity index (χ4v) is 1.62. The van der Waals surface area contributed by atoms with Gasteiger partial charge in [-0.05, 0) is 17.7 Å². The van der Waals surface area contributed by atoms with Gasteiger partial charge in [-0.2, -0.15) is 0 Å². The Hall–Kier alpha value is -2.07. The number of H-pyrrole nitrogens is 1. The largest absolute Gasteiger partial charge is 0.364 e. The normalized spacial score (nSPS) is 12.6. The Balaban J connectivity index is 2.53. The summed E-state index contributed by atoms with van der Waals surface area (Å²) in [6, 6.07) is 7.23. The summed E-state index contributed by atoms with van der Waals surface area (Å²) in [7, 11) is 0. The molecule has 2 rings (SSSR count). The number of benzene rings is 1. The van der Waals surface area contributed by atoms with E-state index in [0.29, 0.717) is 5.69 Å². The van der Waals surface area contributed by atoms with Crippen LogP contribution in [0.15, 0.2) is 36.9 Å². The number of carbonyl (C=O) groups excluding carboxylic acids is 1. The summed E-state index contributed by atoms with van der Waals surface area (Å²) in [5, 5.41) is 0.939. The molecule has 1 aromatic heterocycles. The van der Waals surface area contributed by atoms with Gasteiger partial charge in [-0.15, -0.1) is 6.58 Å². The highest BCUT2D eigenvalue weighted by molar-refractivity contribution is 5.97. The highest BCUT2D eigenvalue weighted by Gasteiger charge is 2.07. The zero-order valence-electron chi connectivity index (χ0n) is 8.73. The molecule has 4 nitrogen and oxygen atoms in total. The second-order valence-electron chi connectivity index (χ2n) is 3.66. The number of fused-ring (bicyclic) bond motifs is 1. The van der Waals surface area contributed by atoms with Crippen molar-refractivity contribution in [2.24, 2.45) is 11.5 Å². The smallest absolute Gasteiger partial charge is 0.265 e. The quantitative estimate of drug-likeness (QED) is 0.677. The van der Waals surface area contributed by atoms with Gasteiger partial charge in [0, 0.05) is 16.9 Å². The Morgan fingerprint density at radius 1 is 1.44 bits per heavy atom. The number of rotatable bonds is 3. The molecule has 1 aromatic carbocycles. The minimum absolute atomic E-state index is 0.204. The first-order valence-corrected chi connectivity index (χ1v) is 4.92. The molecule has 0 aliphatic carbocycles. The molecule has 1 heterocycles. The molecule has 2 aromatic rings. The molecule has 4 heteroatoms. The van der Waals surface area contributed by atoms with Crippen LogP contribution in [0.4, 0.5) is 0 Å². The van der Waals surface area contributed by atoms with Gasteiger partial charge in [-0.25, -0.2) is 0 Å². The zero-order chi connectivity index (χ0) is 11.7. The third-order valence-electron chi connectivity index (χ3n) is 2.55. The zero-order valence-corrected chi connectivity index (χ0v) is 8.73. The van der Waals surface area contributed by atoms with Crippen LogP contribution >= 0.6 is 0 Å². The maximum Gasteiger partial charge on any atom is 0.265 e. The van der Waals surface area contributed by atoms with Crippen molar-refractivity contribution in [1.82, 2.24) is 4.98 Å². The summed E-state index contributed by atoms with van der Waals surface area (Å²) >= 11 is 0. The summed E-state index contributed by atoms with van der Waals surface area (Å²) in [5.41, 5.74) is 13.2. The van der Waals surface area contributed by atoms with Crippen LogP contribution in [0.3, 0.4) is 0 Å². The molecule has 0 saturated carbocycles. The lowest BCUT2D eigenvalue weighted by Gasteiger charge is -2.05. The number of hydrogen-bond donors (Lipinski definition) is 3. The summed E-state index contributed by atoms with van der Waals surface area (Å²) in [6.45, 7) is 3.64. The molecule has 16 heavy (non-hydrogen) atoms. The Morgan fingerprint density at radius 3 is 2.81 bits per heavy atom. The number of primary amides is 1. The maximum atomic E-state index is 11.0. The van der Waals surface area contributed by atoms with Gasteiger partial charge >= 0.3 is 0 Å². The van der Waals surface area contributed by atoms with Gasteiger partial charge in [0.15, 0.2) is 0 Å². The molecular formula is C12H13N3O. The van der Waals surface area contributed by atoms with Crippen LogP contribution in [-0.2, 0) is 0 Å².